The van der Waals surface area contributed by atoms with Gasteiger partial charge in [-0.15, -0.1) is 0 Å². The van der Waals surface area contributed by atoms with Crippen LogP contribution in [0.15, 0.2) is 54.6 Å². The Kier molecular flexibility index (Phi) is 5.46. The first kappa shape index (κ1) is 17.6. The molecule has 2 aromatic rings. The number of hydrogen-bond acceptors (Lipinski definition) is 3. The van der Waals surface area contributed by atoms with Crippen LogP contribution in [0.5, 0.6) is 0 Å². The molecule has 1 aliphatic heterocycles. The largest absolute Gasteiger partial charge is 0.380 e. The van der Waals surface area contributed by atoms with Crippen molar-refractivity contribution in [3.63, 3.8) is 0 Å². The number of rotatable bonds is 6. The Labute approximate surface area is 146 Å². The molecule has 0 fully saturated rings. The number of nitrogens with zero attached hydrogens (tertiary/aromatic N) is 1. The summed E-state index contributed by atoms with van der Waals surface area (Å²) in [7, 11) is 1.64. The summed E-state index contributed by atoms with van der Waals surface area (Å²) in [6.45, 7) is 2.61. The van der Waals surface area contributed by atoms with Gasteiger partial charge < -0.3 is 4.74 Å². The molecule has 3 rings (SSSR count). The molecule has 132 valence electrons. The SMILES string of the molecule is CCc1ccc(C2=CC(C(F)F)NN2c2ccc(COC)cc2)cc1. The first-order valence-corrected chi connectivity index (χ1v) is 8.36. The summed E-state index contributed by atoms with van der Waals surface area (Å²) in [6.07, 6.45) is 0.0685. The molecule has 0 radical (unpaired) electrons. The Bertz CT molecular complexity index is 726. The monoisotopic (exact) mass is 344 g/mol. The summed E-state index contributed by atoms with van der Waals surface area (Å²) in [5.74, 6) is 0. The number of hydrazine groups is 1. The van der Waals surface area contributed by atoms with Gasteiger partial charge in [0.15, 0.2) is 0 Å². The summed E-state index contributed by atoms with van der Waals surface area (Å²) in [5, 5.41) is 1.73. The summed E-state index contributed by atoms with van der Waals surface area (Å²) < 4.78 is 31.6. The zero-order chi connectivity index (χ0) is 17.8. The number of methoxy groups -OCH3 is 1. The van der Waals surface area contributed by atoms with E-state index >= 15 is 0 Å². The smallest absolute Gasteiger partial charge is 0.259 e. The summed E-state index contributed by atoms with van der Waals surface area (Å²) in [4.78, 5) is 0. The molecule has 0 saturated heterocycles. The number of benzene rings is 2. The number of nitrogens with one attached hydrogen (secondary N) is 1. The van der Waals surface area contributed by atoms with E-state index < -0.39 is 12.5 Å². The average Bonchev–Trinajstić information content (AvgIpc) is 3.08. The second kappa shape index (κ2) is 7.76. The van der Waals surface area contributed by atoms with E-state index in [0.717, 1.165) is 28.9 Å². The number of anilines is 1. The minimum Gasteiger partial charge on any atom is -0.380 e. The maximum Gasteiger partial charge on any atom is 0.259 e. The number of alkyl halides is 2. The lowest BCUT2D eigenvalue weighted by Gasteiger charge is -2.24. The van der Waals surface area contributed by atoms with Crippen molar-refractivity contribution in [3.8, 4) is 0 Å². The fourth-order valence-corrected chi connectivity index (χ4v) is 2.89. The summed E-state index contributed by atoms with van der Waals surface area (Å²) in [6, 6.07) is 14.7. The molecule has 0 saturated carbocycles. The average molecular weight is 344 g/mol. The minimum atomic E-state index is -2.47. The third-order valence-corrected chi connectivity index (χ3v) is 4.29. The predicted octanol–water partition coefficient (Wildman–Crippen LogP) is 4.39. The molecule has 2 aromatic carbocycles. The Balaban J connectivity index is 1.91. The van der Waals surface area contributed by atoms with Crippen LogP contribution < -0.4 is 10.4 Å². The molecule has 1 N–H and O–H groups in total. The fourth-order valence-electron chi connectivity index (χ4n) is 2.89. The predicted molar refractivity (Wildman–Crippen MR) is 96.4 cm³/mol. The Morgan fingerprint density at radius 1 is 1.04 bits per heavy atom. The van der Waals surface area contributed by atoms with Crippen LogP contribution in [0.3, 0.4) is 0 Å². The van der Waals surface area contributed by atoms with Crippen molar-refractivity contribution < 1.29 is 13.5 Å². The topological polar surface area (TPSA) is 24.5 Å². The Morgan fingerprint density at radius 3 is 2.24 bits per heavy atom. The molecule has 0 amide bonds. The molecule has 3 nitrogen and oxygen atoms in total. The van der Waals surface area contributed by atoms with Crippen molar-refractivity contribution in [2.75, 3.05) is 12.1 Å². The molecule has 1 atom stereocenters. The molecule has 0 bridgehead atoms. The molecule has 0 spiro atoms. The second-order valence-electron chi connectivity index (χ2n) is 6.03. The van der Waals surface area contributed by atoms with Crippen molar-refractivity contribution in [1.82, 2.24) is 5.43 Å². The van der Waals surface area contributed by atoms with E-state index in [-0.39, 0.29) is 0 Å². The van der Waals surface area contributed by atoms with Crippen molar-refractivity contribution >= 4 is 11.4 Å². The zero-order valence-corrected chi connectivity index (χ0v) is 14.4. The van der Waals surface area contributed by atoms with E-state index in [1.807, 2.05) is 48.5 Å². The van der Waals surface area contributed by atoms with Gasteiger partial charge in [0.05, 0.1) is 18.0 Å². The zero-order valence-electron chi connectivity index (χ0n) is 14.4. The van der Waals surface area contributed by atoms with E-state index in [1.54, 1.807) is 18.2 Å². The summed E-state index contributed by atoms with van der Waals surface area (Å²) >= 11 is 0. The van der Waals surface area contributed by atoms with Gasteiger partial charge in [-0.05, 0) is 41.3 Å². The van der Waals surface area contributed by atoms with Gasteiger partial charge in [0, 0.05) is 7.11 Å². The van der Waals surface area contributed by atoms with E-state index in [0.29, 0.717) is 6.61 Å². The number of halogens is 2. The van der Waals surface area contributed by atoms with Crippen molar-refractivity contribution in [2.45, 2.75) is 32.4 Å². The maximum atomic E-state index is 13.3. The lowest BCUT2D eigenvalue weighted by atomic mass is 10.1. The first-order valence-electron chi connectivity index (χ1n) is 8.36. The molecule has 5 heteroatoms. The van der Waals surface area contributed by atoms with Crippen LogP contribution in [-0.2, 0) is 17.8 Å². The van der Waals surface area contributed by atoms with Crippen LogP contribution >= 0.6 is 0 Å². The van der Waals surface area contributed by atoms with Crippen LogP contribution in [-0.4, -0.2) is 19.6 Å². The van der Waals surface area contributed by atoms with E-state index in [9.17, 15) is 8.78 Å². The highest BCUT2D eigenvalue weighted by atomic mass is 19.3. The van der Waals surface area contributed by atoms with Gasteiger partial charge in [-0.3, -0.25) is 5.01 Å². The van der Waals surface area contributed by atoms with Gasteiger partial charge in [-0.2, -0.15) is 0 Å². The van der Waals surface area contributed by atoms with Crippen LogP contribution in [0.2, 0.25) is 0 Å². The highest BCUT2D eigenvalue weighted by molar-refractivity contribution is 5.81. The number of ether oxygens (including phenoxy) is 1. The van der Waals surface area contributed by atoms with Crippen LogP contribution in [0.25, 0.3) is 5.70 Å². The minimum absolute atomic E-state index is 0.522. The second-order valence-corrected chi connectivity index (χ2v) is 6.03. The van der Waals surface area contributed by atoms with Crippen LogP contribution in [0, 0.1) is 0 Å². The maximum absolute atomic E-state index is 13.3. The molecular weight excluding hydrogens is 322 g/mol. The van der Waals surface area contributed by atoms with Crippen LogP contribution in [0.4, 0.5) is 14.5 Å². The van der Waals surface area contributed by atoms with Gasteiger partial charge in [-0.25, -0.2) is 14.2 Å². The summed E-state index contributed by atoms with van der Waals surface area (Å²) in [5.41, 5.74) is 7.62. The number of aryl methyl sites for hydroxylation is 1. The highest BCUT2D eigenvalue weighted by Crippen LogP contribution is 2.31. The lowest BCUT2D eigenvalue weighted by molar-refractivity contribution is 0.121. The van der Waals surface area contributed by atoms with E-state index in [1.165, 1.54) is 5.56 Å². The molecule has 1 unspecified atom stereocenters. The lowest BCUT2D eigenvalue weighted by Crippen LogP contribution is -2.40. The highest BCUT2D eigenvalue weighted by Gasteiger charge is 2.30. The molecule has 1 aliphatic rings. The quantitative estimate of drug-likeness (QED) is 0.841. The molecule has 1 heterocycles. The third-order valence-electron chi connectivity index (χ3n) is 4.29. The van der Waals surface area contributed by atoms with E-state index in [4.69, 9.17) is 4.74 Å². The first-order chi connectivity index (χ1) is 12.1. The molecular formula is C20H22F2N2O. The van der Waals surface area contributed by atoms with Gasteiger partial charge >= 0.3 is 0 Å². The van der Waals surface area contributed by atoms with Crippen LogP contribution in [0.1, 0.15) is 23.6 Å². The fraction of sp³-hybridized carbons (Fsp3) is 0.300. The van der Waals surface area contributed by atoms with Gasteiger partial charge in [0.2, 0.25) is 0 Å². The van der Waals surface area contributed by atoms with Gasteiger partial charge in [-0.1, -0.05) is 43.3 Å². The van der Waals surface area contributed by atoms with Gasteiger partial charge in [0.1, 0.15) is 6.04 Å². The molecule has 0 aliphatic carbocycles. The normalized spacial score (nSPS) is 17.2. The number of hydrogen-bond donors (Lipinski definition) is 1. The molecule has 0 aromatic heterocycles. The van der Waals surface area contributed by atoms with E-state index in [2.05, 4.69) is 12.3 Å². The van der Waals surface area contributed by atoms with Crippen molar-refractivity contribution in [3.05, 3.63) is 71.3 Å². The third kappa shape index (κ3) is 3.89. The molecule has 25 heavy (non-hydrogen) atoms. The Morgan fingerprint density at radius 2 is 1.68 bits per heavy atom. The van der Waals surface area contributed by atoms with Crippen molar-refractivity contribution in [1.29, 1.82) is 0 Å². The van der Waals surface area contributed by atoms with Gasteiger partial charge in [0.25, 0.3) is 6.43 Å². The standard InChI is InChI=1S/C20H22F2N2O/c1-3-14-4-8-16(9-5-14)19-12-18(20(21)22)23-24(19)17-10-6-15(7-11-17)13-25-2/h4-12,18,20,23H,3,13H2,1-2H3. The Hall–Kier alpha value is -2.24. The van der Waals surface area contributed by atoms with Crippen molar-refractivity contribution in [2.24, 2.45) is 0 Å².